The second-order valence-electron chi connectivity index (χ2n) is 8.46. The van der Waals surface area contributed by atoms with Crippen molar-refractivity contribution in [2.24, 2.45) is 0 Å². The van der Waals surface area contributed by atoms with E-state index in [0.29, 0.717) is 17.9 Å². The van der Waals surface area contributed by atoms with Crippen molar-refractivity contribution in [1.29, 1.82) is 0 Å². The number of nitrogens with one attached hydrogen (secondary N) is 1. The van der Waals surface area contributed by atoms with Gasteiger partial charge in [0.1, 0.15) is 5.54 Å². The number of piperazine rings is 1. The molecule has 2 aromatic rings. The summed E-state index contributed by atoms with van der Waals surface area (Å²) >= 11 is 0. The Morgan fingerprint density at radius 1 is 1.06 bits per heavy atom. The van der Waals surface area contributed by atoms with Crippen LogP contribution < -0.4 is 14.8 Å². The number of carbonyl (C=O) groups excluding carboxylic acids is 2. The van der Waals surface area contributed by atoms with Gasteiger partial charge in [0.15, 0.2) is 11.5 Å². The molecular weight excluding hydrogens is 458 g/mol. The molecule has 2 amide bonds. The minimum absolute atomic E-state index is 0.121. The third-order valence-electron chi connectivity index (χ3n) is 6.02. The highest BCUT2D eigenvalue weighted by atomic mass is 32.2. The summed E-state index contributed by atoms with van der Waals surface area (Å²) < 4.78 is 36.2. The number of ether oxygens (including phenoxy) is 2. The minimum atomic E-state index is -3.66. The lowest BCUT2D eigenvalue weighted by atomic mass is 9.94. The topological polar surface area (TPSA) is 105 Å². The van der Waals surface area contributed by atoms with Crippen molar-refractivity contribution in [3.63, 3.8) is 0 Å². The van der Waals surface area contributed by atoms with Gasteiger partial charge in [0.2, 0.25) is 21.8 Å². The molecule has 0 radical (unpaired) electrons. The zero-order chi connectivity index (χ0) is 24.9. The molecule has 0 aromatic heterocycles. The van der Waals surface area contributed by atoms with E-state index in [-0.39, 0.29) is 26.2 Å². The first-order valence-electron chi connectivity index (χ1n) is 10.9. The Kier molecular flexibility index (Phi) is 7.83. The molecule has 1 aliphatic heterocycles. The van der Waals surface area contributed by atoms with Crippen molar-refractivity contribution in [2.75, 3.05) is 40.1 Å². The lowest BCUT2D eigenvalue weighted by molar-refractivity contribution is -0.152. The van der Waals surface area contributed by atoms with Gasteiger partial charge in [-0.3, -0.25) is 9.59 Å². The van der Waals surface area contributed by atoms with E-state index in [1.807, 2.05) is 42.5 Å². The molecule has 1 saturated heterocycles. The molecule has 3 rings (SSSR count). The smallest absolute Gasteiger partial charge is 0.247 e. The normalized spacial score (nSPS) is 19.1. The first-order valence-corrected chi connectivity index (χ1v) is 12.7. The molecule has 1 aliphatic rings. The minimum Gasteiger partial charge on any atom is -0.493 e. The van der Waals surface area contributed by atoms with Crippen LogP contribution in [0.4, 0.5) is 0 Å². The monoisotopic (exact) mass is 489 g/mol. The standard InChI is InChI=1S/C24H31N3O6S/c1-24(23(29)25-15-19-8-6-5-7-9-19)17-26(34(4,30)31)16-22(28)27(24)13-12-18-10-11-20(32-2)21(14-18)33-3/h5-11,14H,12-13,15-17H2,1-4H3,(H,25,29)/t24-/m1/s1. The SMILES string of the molecule is COc1ccc(CCN2C(=O)CN(S(C)(=O)=O)C[C@]2(C)C(=O)NCc2ccccc2)cc1OC. The Balaban J connectivity index is 1.83. The van der Waals surface area contributed by atoms with Gasteiger partial charge in [0, 0.05) is 19.6 Å². The Hall–Kier alpha value is -3.11. The van der Waals surface area contributed by atoms with Gasteiger partial charge < -0.3 is 19.7 Å². The Labute approximate surface area is 200 Å². The zero-order valence-electron chi connectivity index (χ0n) is 19.9. The molecule has 0 bridgehead atoms. The van der Waals surface area contributed by atoms with Crippen LogP contribution >= 0.6 is 0 Å². The van der Waals surface area contributed by atoms with Crippen molar-refractivity contribution in [3.8, 4) is 11.5 Å². The van der Waals surface area contributed by atoms with E-state index in [1.165, 1.54) is 4.90 Å². The van der Waals surface area contributed by atoms with E-state index in [4.69, 9.17) is 9.47 Å². The van der Waals surface area contributed by atoms with Crippen LogP contribution in [0.3, 0.4) is 0 Å². The van der Waals surface area contributed by atoms with E-state index in [2.05, 4.69) is 5.32 Å². The molecule has 1 atom stereocenters. The fraction of sp³-hybridized carbons (Fsp3) is 0.417. The summed E-state index contributed by atoms with van der Waals surface area (Å²) in [5, 5.41) is 2.87. The Morgan fingerprint density at radius 3 is 2.35 bits per heavy atom. The highest BCUT2D eigenvalue weighted by molar-refractivity contribution is 7.88. The van der Waals surface area contributed by atoms with Crippen LogP contribution in [0.1, 0.15) is 18.1 Å². The van der Waals surface area contributed by atoms with Crippen LogP contribution in [-0.4, -0.2) is 75.1 Å². The van der Waals surface area contributed by atoms with Gasteiger partial charge >= 0.3 is 0 Å². The predicted octanol–water partition coefficient (Wildman–Crippen LogP) is 1.43. The maximum absolute atomic E-state index is 13.4. The number of benzene rings is 2. The number of carbonyl (C=O) groups is 2. The lowest BCUT2D eigenvalue weighted by Gasteiger charge is -2.46. The van der Waals surface area contributed by atoms with Crippen LogP contribution in [-0.2, 0) is 32.6 Å². The van der Waals surface area contributed by atoms with E-state index in [1.54, 1.807) is 27.2 Å². The summed E-state index contributed by atoms with van der Waals surface area (Å²) in [6, 6.07) is 14.9. The molecular formula is C24H31N3O6S. The third kappa shape index (κ3) is 5.68. The molecule has 1 N–H and O–H groups in total. The number of methoxy groups -OCH3 is 2. The van der Waals surface area contributed by atoms with Crippen molar-refractivity contribution in [2.45, 2.75) is 25.4 Å². The summed E-state index contributed by atoms with van der Waals surface area (Å²) in [4.78, 5) is 27.9. The summed E-state index contributed by atoms with van der Waals surface area (Å²) in [6.07, 6.45) is 1.49. The number of rotatable bonds is 9. The molecule has 34 heavy (non-hydrogen) atoms. The molecule has 1 fully saturated rings. The number of hydrogen-bond acceptors (Lipinski definition) is 6. The van der Waals surface area contributed by atoms with Gasteiger partial charge in [0.05, 0.1) is 27.0 Å². The van der Waals surface area contributed by atoms with Crippen LogP contribution in [0.5, 0.6) is 11.5 Å². The Morgan fingerprint density at radius 2 is 1.74 bits per heavy atom. The van der Waals surface area contributed by atoms with Gasteiger partial charge in [-0.1, -0.05) is 36.4 Å². The average molecular weight is 490 g/mol. The number of hydrogen-bond donors (Lipinski definition) is 1. The van der Waals surface area contributed by atoms with Crippen LogP contribution in [0.15, 0.2) is 48.5 Å². The molecule has 2 aromatic carbocycles. The predicted molar refractivity (Wildman–Crippen MR) is 128 cm³/mol. The molecule has 0 unspecified atom stereocenters. The third-order valence-corrected chi connectivity index (χ3v) is 7.21. The average Bonchev–Trinajstić information content (AvgIpc) is 2.81. The summed E-state index contributed by atoms with van der Waals surface area (Å²) in [6.45, 7) is 1.70. The molecule has 0 spiro atoms. The summed E-state index contributed by atoms with van der Waals surface area (Å²) in [7, 11) is -0.564. The number of nitrogens with zero attached hydrogens (tertiary/aromatic N) is 2. The Bertz CT molecular complexity index is 1140. The first-order chi connectivity index (χ1) is 16.1. The second-order valence-corrected chi connectivity index (χ2v) is 10.4. The van der Waals surface area contributed by atoms with E-state index in [9.17, 15) is 18.0 Å². The highest BCUT2D eigenvalue weighted by Crippen LogP contribution is 2.29. The van der Waals surface area contributed by atoms with E-state index >= 15 is 0 Å². The largest absolute Gasteiger partial charge is 0.493 e. The molecule has 184 valence electrons. The van der Waals surface area contributed by atoms with Gasteiger partial charge in [-0.2, -0.15) is 4.31 Å². The maximum atomic E-state index is 13.4. The van der Waals surface area contributed by atoms with Crippen LogP contribution in [0.2, 0.25) is 0 Å². The second kappa shape index (κ2) is 10.4. The summed E-state index contributed by atoms with van der Waals surface area (Å²) in [5.74, 6) is 0.325. The van der Waals surface area contributed by atoms with Gasteiger partial charge in [-0.05, 0) is 36.6 Å². The molecule has 1 heterocycles. The fourth-order valence-electron chi connectivity index (χ4n) is 4.04. The molecule has 0 aliphatic carbocycles. The lowest BCUT2D eigenvalue weighted by Crippen LogP contribution is -2.69. The summed E-state index contributed by atoms with van der Waals surface area (Å²) in [5.41, 5.74) is 0.422. The van der Waals surface area contributed by atoms with Crippen molar-refractivity contribution in [1.82, 2.24) is 14.5 Å². The quantitative estimate of drug-likeness (QED) is 0.571. The van der Waals surface area contributed by atoms with E-state index < -0.39 is 27.4 Å². The van der Waals surface area contributed by atoms with E-state index in [0.717, 1.165) is 21.7 Å². The van der Waals surface area contributed by atoms with Crippen molar-refractivity contribution in [3.05, 3.63) is 59.7 Å². The number of amides is 2. The van der Waals surface area contributed by atoms with Crippen molar-refractivity contribution >= 4 is 21.8 Å². The van der Waals surface area contributed by atoms with Crippen molar-refractivity contribution < 1.29 is 27.5 Å². The van der Waals surface area contributed by atoms with Gasteiger partial charge in [-0.25, -0.2) is 8.42 Å². The first kappa shape index (κ1) is 25.5. The fourth-order valence-corrected chi connectivity index (χ4v) is 4.87. The zero-order valence-corrected chi connectivity index (χ0v) is 20.7. The maximum Gasteiger partial charge on any atom is 0.247 e. The van der Waals surface area contributed by atoms with Gasteiger partial charge in [-0.15, -0.1) is 0 Å². The van der Waals surface area contributed by atoms with Crippen LogP contribution in [0, 0.1) is 0 Å². The molecule has 9 nitrogen and oxygen atoms in total. The van der Waals surface area contributed by atoms with Crippen LogP contribution in [0.25, 0.3) is 0 Å². The highest BCUT2D eigenvalue weighted by Gasteiger charge is 2.49. The molecule has 10 heteroatoms. The van der Waals surface area contributed by atoms with Gasteiger partial charge in [0.25, 0.3) is 0 Å². The number of sulfonamides is 1. The molecule has 0 saturated carbocycles.